The van der Waals surface area contributed by atoms with Gasteiger partial charge in [0.2, 0.25) is 10.0 Å². The first-order valence-electron chi connectivity index (χ1n) is 11.7. The quantitative estimate of drug-likeness (QED) is 0.110. The van der Waals surface area contributed by atoms with Crippen molar-refractivity contribution in [2.75, 3.05) is 13.4 Å². The van der Waals surface area contributed by atoms with Gasteiger partial charge in [0.05, 0.1) is 36.7 Å². The molecule has 11 N–H and O–H groups in total. The molecular weight excluding hydrogens is 506 g/mol. The van der Waals surface area contributed by atoms with Gasteiger partial charge in [-0.05, 0) is 19.8 Å². The number of hydrogen-bond acceptors (Lipinski definition) is 14. The second-order valence-electron chi connectivity index (χ2n) is 9.42. The van der Waals surface area contributed by atoms with E-state index in [2.05, 4.69) is 4.72 Å². The fraction of sp³-hybridized carbons (Fsp3) is 1.00. The number of sulfonamides is 1. The van der Waals surface area contributed by atoms with Gasteiger partial charge < -0.3 is 61.1 Å². The second-order valence-corrected chi connectivity index (χ2v) is 11.2. The molecule has 0 aromatic heterocycles. The van der Waals surface area contributed by atoms with E-state index in [-0.39, 0.29) is 6.42 Å². The first-order chi connectivity index (χ1) is 16.6. The van der Waals surface area contributed by atoms with Crippen LogP contribution in [0.3, 0.4) is 0 Å². The van der Waals surface area contributed by atoms with E-state index in [9.17, 15) is 39.1 Å². The van der Waals surface area contributed by atoms with Crippen LogP contribution in [0.2, 0.25) is 0 Å². The predicted octanol–water partition coefficient (Wildman–Crippen LogP) is -4.97. The lowest BCUT2D eigenvalue weighted by atomic mass is 9.84. The van der Waals surface area contributed by atoms with Crippen molar-refractivity contribution in [2.24, 2.45) is 11.5 Å². The maximum atomic E-state index is 11.8. The third-order valence-corrected chi connectivity index (χ3v) is 7.24. The molecule has 36 heavy (non-hydrogen) atoms. The Kier molecular flexibility index (Phi) is 11.4. The van der Waals surface area contributed by atoms with Crippen molar-refractivity contribution in [3.8, 4) is 0 Å². The summed E-state index contributed by atoms with van der Waals surface area (Å²) in [5.41, 5.74) is 12.2. The van der Waals surface area contributed by atoms with Crippen molar-refractivity contribution in [3.05, 3.63) is 0 Å². The zero-order valence-corrected chi connectivity index (χ0v) is 21.5. The molecule has 13 unspecified atom stereocenters. The van der Waals surface area contributed by atoms with E-state index in [1.807, 2.05) is 0 Å². The standard InChI is InChI=1S/C20H41N3O12S/c1-5-10(32-3)13(26)19(29)33-18-12(25)9(23-36(4,30)31)6-8(21)17(18)35-20-11(22)14(27)15(28)16(34-20)7(2)24/h7-20,23-29H,5-6,21-22H2,1-4H3/t7-,8?,9?,10?,11?,12?,13?,14?,15?,16?,17?,18?,19?,20?/m1/s1. The number of aliphatic hydroxyl groups is 6. The lowest BCUT2D eigenvalue weighted by Gasteiger charge is -2.48. The minimum atomic E-state index is -3.78. The van der Waals surface area contributed by atoms with Gasteiger partial charge in [-0.3, -0.25) is 0 Å². The lowest BCUT2D eigenvalue weighted by molar-refractivity contribution is -0.317. The Morgan fingerprint density at radius 1 is 1.08 bits per heavy atom. The average molecular weight is 548 g/mol. The van der Waals surface area contributed by atoms with Crippen molar-refractivity contribution in [3.63, 3.8) is 0 Å². The lowest BCUT2D eigenvalue weighted by Crippen LogP contribution is -2.69. The Labute approximate surface area is 210 Å². The van der Waals surface area contributed by atoms with E-state index in [1.54, 1.807) is 6.92 Å². The normalized spacial score (nSPS) is 41.4. The van der Waals surface area contributed by atoms with E-state index < -0.39 is 95.7 Å². The minimum absolute atomic E-state index is 0.125. The summed E-state index contributed by atoms with van der Waals surface area (Å²) in [6, 6.07) is -3.45. The van der Waals surface area contributed by atoms with Gasteiger partial charge in [0.25, 0.3) is 0 Å². The Hall–Kier alpha value is -0.570. The van der Waals surface area contributed by atoms with Crippen LogP contribution in [0.15, 0.2) is 0 Å². The van der Waals surface area contributed by atoms with Crippen LogP contribution in [0.4, 0.5) is 0 Å². The maximum Gasteiger partial charge on any atom is 0.209 e. The Morgan fingerprint density at radius 3 is 2.19 bits per heavy atom. The SMILES string of the molecule is CCC(OC)C(O)C(O)OC1C(O)C(NS(C)(=O)=O)CC(N)C1OC1OC([C@@H](C)O)C(O)C(O)C1N. The highest BCUT2D eigenvalue weighted by atomic mass is 32.2. The maximum absolute atomic E-state index is 11.8. The van der Waals surface area contributed by atoms with Gasteiger partial charge in [-0.1, -0.05) is 6.92 Å². The Bertz CT molecular complexity index is 788. The summed E-state index contributed by atoms with van der Waals surface area (Å²) < 4.78 is 48.0. The van der Waals surface area contributed by atoms with Crippen LogP contribution < -0.4 is 16.2 Å². The van der Waals surface area contributed by atoms with Gasteiger partial charge in [-0.15, -0.1) is 0 Å². The number of methoxy groups -OCH3 is 1. The van der Waals surface area contributed by atoms with Crippen LogP contribution in [-0.2, 0) is 29.0 Å². The molecule has 0 aromatic rings. The fourth-order valence-corrected chi connectivity index (χ4v) is 5.31. The van der Waals surface area contributed by atoms with Crippen molar-refractivity contribution in [1.29, 1.82) is 0 Å². The predicted molar refractivity (Wildman–Crippen MR) is 124 cm³/mol. The zero-order chi connectivity index (χ0) is 27.5. The summed E-state index contributed by atoms with van der Waals surface area (Å²) in [6.07, 6.45) is -14.6. The second kappa shape index (κ2) is 13.0. The third-order valence-electron chi connectivity index (χ3n) is 6.51. The largest absolute Gasteiger partial charge is 0.391 e. The van der Waals surface area contributed by atoms with Crippen LogP contribution in [-0.4, -0.2) is 138 Å². The van der Waals surface area contributed by atoms with E-state index in [0.29, 0.717) is 6.42 Å². The molecule has 0 spiro atoms. The van der Waals surface area contributed by atoms with Gasteiger partial charge in [0.1, 0.15) is 36.6 Å². The molecule has 1 heterocycles. The van der Waals surface area contributed by atoms with E-state index in [1.165, 1.54) is 14.0 Å². The molecular formula is C20H41N3O12S. The van der Waals surface area contributed by atoms with Gasteiger partial charge in [0, 0.05) is 13.2 Å². The molecule has 0 aromatic carbocycles. The summed E-state index contributed by atoms with van der Waals surface area (Å²) in [5, 5.41) is 62.4. The summed E-state index contributed by atoms with van der Waals surface area (Å²) in [5.74, 6) is 0. The molecule has 0 bridgehead atoms. The van der Waals surface area contributed by atoms with Crippen molar-refractivity contribution < 1.29 is 58.0 Å². The van der Waals surface area contributed by atoms with Gasteiger partial charge >= 0.3 is 0 Å². The molecule has 0 radical (unpaired) electrons. The number of aliphatic hydroxyl groups excluding tert-OH is 6. The Morgan fingerprint density at radius 2 is 1.69 bits per heavy atom. The van der Waals surface area contributed by atoms with Gasteiger partial charge in [-0.2, -0.15) is 0 Å². The number of rotatable bonds is 11. The molecule has 1 saturated carbocycles. The molecule has 2 fully saturated rings. The van der Waals surface area contributed by atoms with E-state index >= 15 is 0 Å². The highest BCUT2D eigenvalue weighted by Crippen LogP contribution is 2.31. The molecule has 2 aliphatic rings. The zero-order valence-electron chi connectivity index (χ0n) is 20.7. The van der Waals surface area contributed by atoms with Crippen LogP contribution in [0, 0.1) is 0 Å². The molecule has 214 valence electrons. The van der Waals surface area contributed by atoms with Crippen LogP contribution >= 0.6 is 0 Å². The van der Waals surface area contributed by atoms with Crippen LogP contribution in [0.25, 0.3) is 0 Å². The molecule has 14 atom stereocenters. The molecule has 15 nitrogen and oxygen atoms in total. The van der Waals surface area contributed by atoms with E-state index in [0.717, 1.165) is 6.26 Å². The highest BCUT2D eigenvalue weighted by Gasteiger charge is 2.51. The van der Waals surface area contributed by atoms with Crippen molar-refractivity contribution >= 4 is 10.0 Å². The number of nitrogens with one attached hydrogen (secondary N) is 1. The molecule has 1 aliphatic carbocycles. The van der Waals surface area contributed by atoms with Crippen LogP contribution in [0.1, 0.15) is 26.7 Å². The molecule has 2 rings (SSSR count). The van der Waals surface area contributed by atoms with E-state index in [4.69, 9.17) is 30.4 Å². The molecule has 0 amide bonds. The smallest absolute Gasteiger partial charge is 0.209 e. The minimum Gasteiger partial charge on any atom is -0.391 e. The van der Waals surface area contributed by atoms with Gasteiger partial charge in [-0.25, -0.2) is 13.1 Å². The van der Waals surface area contributed by atoms with Gasteiger partial charge in [0.15, 0.2) is 12.6 Å². The summed E-state index contributed by atoms with van der Waals surface area (Å²) in [6.45, 7) is 3.03. The summed E-state index contributed by atoms with van der Waals surface area (Å²) in [7, 11) is -2.45. The van der Waals surface area contributed by atoms with Crippen molar-refractivity contribution in [1.82, 2.24) is 4.72 Å². The number of hydrogen-bond donors (Lipinski definition) is 9. The topological polar surface area (TPSA) is 257 Å². The third kappa shape index (κ3) is 7.51. The molecule has 16 heteroatoms. The summed E-state index contributed by atoms with van der Waals surface area (Å²) >= 11 is 0. The number of nitrogens with two attached hydrogens (primary N) is 2. The molecule has 1 saturated heterocycles. The summed E-state index contributed by atoms with van der Waals surface area (Å²) in [4.78, 5) is 0. The van der Waals surface area contributed by atoms with Crippen LogP contribution in [0.5, 0.6) is 0 Å². The monoisotopic (exact) mass is 547 g/mol. The first kappa shape index (κ1) is 31.6. The number of ether oxygens (including phenoxy) is 4. The fourth-order valence-electron chi connectivity index (χ4n) is 4.52. The Balaban J connectivity index is 2.34. The first-order valence-corrected chi connectivity index (χ1v) is 13.6. The average Bonchev–Trinajstić information content (AvgIpc) is 2.78. The highest BCUT2D eigenvalue weighted by molar-refractivity contribution is 7.88. The van der Waals surface area contributed by atoms with Crippen molar-refractivity contribution in [2.45, 2.75) is 112 Å². The molecule has 1 aliphatic heterocycles.